The van der Waals surface area contributed by atoms with Crippen molar-refractivity contribution in [3.8, 4) is 0 Å². The van der Waals surface area contributed by atoms with Gasteiger partial charge in [0.15, 0.2) is 0 Å². The molecule has 2 rings (SSSR count). The molecule has 0 aromatic heterocycles. The second-order valence-corrected chi connectivity index (χ2v) is 6.89. The fourth-order valence-electron chi connectivity index (χ4n) is 1.90. The van der Waals surface area contributed by atoms with Gasteiger partial charge in [-0.3, -0.25) is 24.2 Å². The molecule has 0 aromatic carbocycles. The van der Waals surface area contributed by atoms with Gasteiger partial charge in [-0.15, -0.1) is 6.58 Å². The van der Waals surface area contributed by atoms with Crippen LogP contribution in [0.25, 0.3) is 0 Å². The molecule has 22 heavy (non-hydrogen) atoms. The van der Waals surface area contributed by atoms with Crippen LogP contribution in [-0.2, 0) is 19.1 Å². The Morgan fingerprint density at radius 2 is 2.18 bits per heavy atom. The van der Waals surface area contributed by atoms with Gasteiger partial charge in [-0.05, 0) is 6.92 Å². The number of thioether (sulfide) groups is 2. The highest BCUT2D eigenvalue weighted by Gasteiger charge is 2.39. The average Bonchev–Trinajstić information content (AvgIpc) is 2.95. The zero-order chi connectivity index (χ0) is 16.3. The Bertz CT molecular complexity index is 588. The smallest absolute Gasteiger partial charge is 0.326 e. The number of hydrogen-bond acceptors (Lipinski definition) is 7. The summed E-state index contributed by atoms with van der Waals surface area (Å²) in [6.45, 7) is 5.65. The number of esters is 1. The predicted molar refractivity (Wildman–Crippen MR) is 89.9 cm³/mol. The van der Waals surface area contributed by atoms with Crippen LogP contribution in [-0.4, -0.2) is 57.4 Å². The molecule has 0 aliphatic carbocycles. The van der Waals surface area contributed by atoms with Gasteiger partial charge in [-0.25, -0.2) is 0 Å². The monoisotopic (exact) mass is 358 g/mol. The van der Waals surface area contributed by atoms with E-state index in [1.165, 1.54) is 21.6 Å². The second-order valence-electron chi connectivity index (χ2n) is 4.28. The summed E-state index contributed by atoms with van der Waals surface area (Å²) in [5.41, 5.74) is 0. The van der Waals surface area contributed by atoms with Gasteiger partial charge in [0.2, 0.25) is 5.91 Å². The lowest BCUT2D eigenvalue weighted by molar-refractivity contribution is -0.146. The van der Waals surface area contributed by atoms with Gasteiger partial charge >= 0.3 is 5.97 Å². The van der Waals surface area contributed by atoms with E-state index in [0.717, 1.165) is 11.8 Å². The molecule has 118 valence electrons. The van der Waals surface area contributed by atoms with Gasteiger partial charge in [-0.2, -0.15) is 0 Å². The molecule has 0 bridgehead atoms. The van der Waals surface area contributed by atoms with Crippen molar-refractivity contribution in [2.24, 2.45) is 0 Å². The van der Waals surface area contributed by atoms with Gasteiger partial charge < -0.3 is 4.74 Å². The summed E-state index contributed by atoms with van der Waals surface area (Å²) in [5.74, 6) is -0.791. The van der Waals surface area contributed by atoms with Crippen LogP contribution < -0.4 is 0 Å². The highest BCUT2D eigenvalue weighted by molar-refractivity contribution is 8.27. The van der Waals surface area contributed by atoms with Gasteiger partial charge in [0.05, 0.1) is 17.4 Å². The SMILES string of the molecule is C=CCN1C(=O)/C(=C2\SCC(=O)N2CC(=O)OCC)SC1=S. The fourth-order valence-corrected chi connectivity index (χ4v) is 4.40. The maximum atomic E-state index is 12.4. The molecule has 0 spiro atoms. The normalized spacial score (nSPS) is 21.8. The Kier molecular flexibility index (Phi) is 5.65. The van der Waals surface area contributed by atoms with Crippen LogP contribution in [0.15, 0.2) is 22.6 Å². The molecule has 9 heteroatoms. The summed E-state index contributed by atoms with van der Waals surface area (Å²) in [4.78, 5) is 39.1. The van der Waals surface area contributed by atoms with Crippen LogP contribution in [0.1, 0.15) is 6.92 Å². The number of amides is 2. The molecule has 0 N–H and O–H groups in total. The number of rotatable bonds is 5. The number of ether oxygens (including phenoxy) is 1. The third-order valence-corrected chi connectivity index (χ3v) is 5.48. The molecule has 2 heterocycles. The summed E-state index contributed by atoms with van der Waals surface area (Å²) in [7, 11) is 0. The van der Waals surface area contributed by atoms with E-state index in [1.54, 1.807) is 13.0 Å². The lowest BCUT2D eigenvalue weighted by atomic mass is 10.4. The van der Waals surface area contributed by atoms with Crippen molar-refractivity contribution in [3.05, 3.63) is 22.6 Å². The first-order chi connectivity index (χ1) is 10.5. The van der Waals surface area contributed by atoms with Gasteiger partial charge in [0.1, 0.15) is 15.8 Å². The molecule has 2 aliphatic rings. The van der Waals surface area contributed by atoms with Gasteiger partial charge in [0.25, 0.3) is 5.91 Å². The van der Waals surface area contributed by atoms with Gasteiger partial charge in [0, 0.05) is 6.54 Å². The van der Waals surface area contributed by atoms with Crippen molar-refractivity contribution in [1.29, 1.82) is 0 Å². The number of carbonyl (C=O) groups is 3. The Labute approximate surface area is 141 Å². The highest BCUT2D eigenvalue weighted by atomic mass is 32.2. The number of nitrogens with zero attached hydrogens (tertiary/aromatic N) is 2. The third-order valence-electron chi connectivity index (χ3n) is 2.83. The summed E-state index contributed by atoms with van der Waals surface area (Å²) < 4.78 is 5.28. The van der Waals surface area contributed by atoms with E-state index in [1.807, 2.05) is 0 Å². The van der Waals surface area contributed by atoms with Gasteiger partial charge in [-0.1, -0.05) is 41.8 Å². The summed E-state index contributed by atoms with van der Waals surface area (Å²) >= 11 is 7.55. The second kappa shape index (κ2) is 7.30. The van der Waals surface area contributed by atoms with E-state index < -0.39 is 5.97 Å². The molecule has 0 unspecified atom stereocenters. The molecule has 2 amide bonds. The van der Waals surface area contributed by atoms with Crippen LogP contribution in [0.2, 0.25) is 0 Å². The summed E-state index contributed by atoms with van der Waals surface area (Å²) in [5, 5.41) is 0.474. The first kappa shape index (κ1) is 17.0. The Morgan fingerprint density at radius 1 is 1.45 bits per heavy atom. The standard InChI is InChI=1S/C13H14N2O4S3/c1-3-5-14-11(18)10(22-13(14)20)12-15(8(16)7-21-12)6-9(17)19-4-2/h3H,1,4-7H2,2H3/b12-10+. The molecular formula is C13H14N2O4S3. The fraction of sp³-hybridized carbons (Fsp3) is 0.385. The van der Waals surface area contributed by atoms with Crippen molar-refractivity contribution in [1.82, 2.24) is 9.80 Å². The zero-order valence-corrected chi connectivity index (χ0v) is 14.3. The quantitative estimate of drug-likeness (QED) is 0.318. The largest absolute Gasteiger partial charge is 0.465 e. The third kappa shape index (κ3) is 3.36. The molecule has 2 fully saturated rings. The van der Waals surface area contributed by atoms with Crippen molar-refractivity contribution in [3.63, 3.8) is 0 Å². The average molecular weight is 358 g/mol. The minimum Gasteiger partial charge on any atom is -0.465 e. The lowest BCUT2D eigenvalue weighted by Crippen LogP contribution is -2.33. The topological polar surface area (TPSA) is 66.9 Å². The number of hydrogen-bond donors (Lipinski definition) is 0. The highest BCUT2D eigenvalue weighted by Crippen LogP contribution is 2.41. The summed E-state index contributed by atoms with van der Waals surface area (Å²) in [6.07, 6.45) is 1.59. The Hall–Kier alpha value is -1.32. The van der Waals surface area contributed by atoms with Crippen molar-refractivity contribution in [2.45, 2.75) is 6.92 Å². The molecule has 0 radical (unpaired) electrons. The van der Waals surface area contributed by atoms with Crippen LogP contribution in [0.3, 0.4) is 0 Å². The molecular weight excluding hydrogens is 344 g/mol. The van der Waals surface area contributed by atoms with E-state index in [0.29, 0.717) is 20.8 Å². The first-order valence-electron chi connectivity index (χ1n) is 6.47. The van der Waals surface area contributed by atoms with Crippen molar-refractivity contribution >= 4 is 57.8 Å². The molecule has 2 aliphatic heterocycles. The van der Waals surface area contributed by atoms with Crippen LogP contribution in [0.4, 0.5) is 0 Å². The minimum absolute atomic E-state index is 0.194. The van der Waals surface area contributed by atoms with E-state index in [4.69, 9.17) is 17.0 Å². The Morgan fingerprint density at radius 3 is 2.82 bits per heavy atom. The molecule has 2 saturated heterocycles. The molecule has 6 nitrogen and oxygen atoms in total. The number of thiocarbonyl (C=S) groups is 1. The summed E-state index contributed by atoms with van der Waals surface area (Å²) in [6, 6.07) is 0. The van der Waals surface area contributed by atoms with E-state index >= 15 is 0 Å². The minimum atomic E-state index is -0.502. The predicted octanol–water partition coefficient (Wildman–Crippen LogP) is 1.34. The Balaban J connectivity index is 2.27. The van der Waals surface area contributed by atoms with E-state index in [9.17, 15) is 14.4 Å². The number of carbonyl (C=O) groups excluding carboxylic acids is 3. The van der Waals surface area contributed by atoms with Crippen LogP contribution >= 0.6 is 35.7 Å². The zero-order valence-electron chi connectivity index (χ0n) is 11.9. The van der Waals surface area contributed by atoms with Crippen molar-refractivity contribution < 1.29 is 19.1 Å². The van der Waals surface area contributed by atoms with E-state index in [2.05, 4.69) is 6.58 Å². The maximum Gasteiger partial charge on any atom is 0.326 e. The first-order valence-corrected chi connectivity index (χ1v) is 8.68. The lowest BCUT2D eigenvalue weighted by Gasteiger charge is -2.17. The van der Waals surface area contributed by atoms with Crippen molar-refractivity contribution in [2.75, 3.05) is 25.4 Å². The van der Waals surface area contributed by atoms with Crippen LogP contribution in [0, 0.1) is 0 Å². The van der Waals surface area contributed by atoms with E-state index in [-0.39, 0.29) is 30.7 Å². The van der Waals surface area contributed by atoms with Crippen LogP contribution in [0.5, 0.6) is 0 Å². The molecule has 0 saturated carbocycles. The molecule has 0 atom stereocenters. The maximum absolute atomic E-state index is 12.4. The molecule has 0 aromatic rings.